The summed E-state index contributed by atoms with van der Waals surface area (Å²) in [6.07, 6.45) is 6.07. The molecule has 2 aromatic heterocycles. The molecule has 146 valence electrons. The quantitative estimate of drug-likeness (QED) is 0.578. The van der Waals surface area contributed by atoms with Gasteiger partial charge in [0.1, 0.15) is 5.75 Å². The van der Waals surface area contributed by atoms with Crippen molar-refractivity contribution in [1.82, 2.24) is 14.3 Å². The summed E-state index contributed by atoms with van der Waals surface area (Å²) >= 11 is 3.21. The van der Waals surface area contributed by atoms with Crippen LogP contribution in [0, 0.1) is 5.82 Å². The number of aryl methyl sites for hydroxylation is 1. The summed E-state index contributed by atoms with van der Waals surface area (Å²) in [5.41, 5.74) is 1.33. The molecule has 0 bridgehead atoms. The van der Waals surface area contributed by atoms with E-state index in [1.165, 1.54) is 16.7 Å². The molecule has 28 heavy (non-hydrogen) atoms. The molecule has 6 nitrogen and oxygen atoms in total. The summed E-state index contributed by atoms with van der Waals surface area (Å²) in [5, 5.41) is 4.23. The Labute approximate surface area is 169 Å². The lowest BCUT2D eigenvalue weighted by molar-refractivity contribution is -0.165. The molecule has 0 aliphatic carbocycles. The topological polar surface area (TPSA) is 58.3 Å². The third-order valence-corrected chi connectivity index (χ3v) is 5.18. The highest BCUT2D eigenvalue weighted by atomic mass is 79.9. The van der Waals surface area contributed by atoms with Crippen molar-refractivity contribution >= 4 is 15.9 Å². The second kappa shape index (κ2) is 7.89. The molecule has 4 rings (SSSR count). The van der Waals surface area contributed by atoms with Crippen molar-refractivity contribution in [1.29, 1.82) is 0 Å². The SMILES string of the molecule is CCn1cc(Cc2cccn(-c3cc(OC4CCO4)cc(Br)c3F)c2=O)cn1. The Morgan fingerprint density at radius 2 is 2.25 bits per heavy atom. The van der Waals surface area contributed by atoms with E-state index in [0.717, 1.165) is 18.5 Å². The number of hydrogen-bond acceptors (Lipinski definition) is 4. The number of hydrogen-bond donors (Lipinski definition) is 0. The van der Waals surface area contributed by atoms with E-state index in [0.29, 0.717) is 24.3 Å². The van der Waals surface area contributed by atoms with E-state index in [1.54, 1.807) is 29.2 Å². The minimum absolute atomic E-state index is 0.125. The van der Waals surface area contributed by atoms with Crippen molar-refractivity contribution in [2.24, 2.45) is 0 Å². The summed E-state index contributed by atoms with van der Waals surface area (Å²) in [4.78, 5) is 13.0. The molecule has 1 atom stereocenters. The van der Waals surface area contributed by atoms with Gasteiger partial charge in [0.2, 0.25) is 6.29 Å². The number of pyridine rings is 1. The molecule has 0 radical (unpaired) electrons. The van der Waals surface area contributed by atoms with Crippen LogP contribution in [0.1, 0.15) is 24.5 Å². The molecule has 3 heterocycles. The second-order valence-corrected chi connectivity index (χ2v) is 7.39. The summed E-state index contributed by atoms with van der Waals surface area (Å²) < 4.78 is 29.1. The third-order valence-electron chi connectivity index (χ3n) is 4.60. The highest BCUT2D eigenvalue weighted by Gasteiger charge is 2.22. The maximum absolute atomic E-state index is 14.8. The van der Waals surface area contributed by atoms with Gasteiger partial charge in [-0.2, -0.15) is 5.10 Å². The van der Waals surface area contributed by atoms with E-state index in [2.05, 4.69) is 21.0 Å². The minimum atomic E-state index is -0.528. The largest absolute Gasteiger partial charge is 0.465 e. The first-order valence-corrected chi connectivity index (χ1v) is 9.84. The van der Waals surface area contributed by atoms with E-state index < -0.39 is 5.82 Å². The molecule has 0 amide bonds. The van der Waals surface area contributed by atoms with Gasteiger partial charge >= 0.3 is 0 Å². The first-order valence-electron chi connectivity index (χ1n) is 9.04. The van der Waals surface area contributed by atoms with Crippen LogP contribution < -0.4 is 10.3 Å². The van der Waals surface area contributed by atoms with Gasteiger partial charge in [-0.3, -0.25) is 14.0 Å². The van der Waals surface area contributed by atoms with Crippen LogP contribution in [0.5, 0.6) is 5.75 Å². The molecule has 0 saturated carbocycles. The van der Waals surface area contributed by atoms with Crippen molar-refractivity contribution in [2.75, 3.05) is 6.61 Å². The molecular weight excluding hydrogens is 429 g/mol. The third kappa shape index (κ3) is 3.74. The minimum Gasteiger partial charge on any atom is -0.465 e. The summed E-state index contributed by atoms with van der Waals surface area (Å²) in [7, 11) is 0. The predicted molar refractivity (Wildman–Crippen MR) is 105 cm³/mol. The Morgan fingerprint density at radius 1 is 1.43 bits per heavy atom. The lowest BCUT2D eigenvalue weighted by Crippen LogP contribution is -2.32. The van der Waals surface area contributed by atoms with Crippen molar-refractivity contribution in [3.05, 3.63) is 74.6 Å². The van der Waals surface area contributed by atoms with E-state index in [1.807, 2.05) is 13.1 Å². The fourth-order valence-corrected chi connectivity index (χ4v) is 3.43. The van der Waals surface area contributed by atoms with E-state index in [4.69, 9.17) is 9.47 Å². The molecular formula is C20H19BrFN3O3. The molecule has 1 aliphatic heterocycles. The van der Waals surface area contributed by atoms with Crippen LogP contribution in [0.15, 0.2) is 52.1 Å². The van der Waals surface area contributed by atoms with Crippen molar-refractivity contribution in [2.45, 2.75) is 32.6 Å². The maximum atomic E-state index is 14.8. The second-order valence-electron chi connectivity index (χ2n) is 6.53. The number of rotatable bonds is 6. The number of aromatic nitrogens is 3. The monoisotopic (exact) mass is 447 g/mol. The molecule has 1 aromatic carbocycles. The van der Waals surface area contributed by atoms with Crippen LogP contribution in [0.3, 0.4) is 0 Å². The van der Waals surface area contributed by atoms with Crippen molar-refractivity contribution < 1.29 is 13.9 Å². The van der Waals surface area contributed by atoms with Gasteiger partial charge in [-0.25, -0.2) is 4.39 Å². The van der Waals surface area contributed by atoms with Crippen molar-refractivity contribution in [3.63, 3.8) is 0 Å². The van der Waals surface area contributed by atoms with Gasteiger partial charge in [-0.05, 0) is 40.5 Å². The number of halogens is 2. The van der Waals surface area contributed by atoms with E-state index in [9.17, 15) is 9.18 Å². The summed E-state index contributed by atoms with van der Waals surface area (Å²) in [5.74, 6) is -0.0885. The van der Waals surface area contributed by atoms with Crippen LogP contribution in [0.4, 0.5) is 4.39 Å². The van der Waals surface area contributed by atoms with Crippen LogP contribution >= 0.6 is 15.9 Å². The molecule has 1 saturated heterocycles. The van der Waals surface area contributed by atoms with Gasteiger partial charge < -0.3 is 9.47 Å². The van der Waals surface area contributed by atoms with Crippen molar-refractivity contribution in [3.8, 4) is 11.4 Å². The number of ether oxygens (including phenoxy) is 2. The van der Waals surface area contributed by atoms with E-state index in [-0.39, 0.29) is 22.0 Å². The van der Waals surface area contributed by atoms with Gasteiger partial charge in [0.05, 0.1) is 23.0 Å². The zero-order chi connectivity index (χ0) is 19.7. The van der Waals surface area contributed by atoms with Crippen LogP contribution in [-0.4, -0.2) is 27.2 Å². The number of nitrogens with zero attached hydrogens (tertiary/aromatic N) is 3. The zero-order valence-electron chi connectivity index (χ0n) is 15.3. The smallest absolute Gasteiger partial charge is 0.258 e. The number of benzene rings is 1. The first kappa shape index (κ1) is 18.9. The fourth-order valence-electron chi connectivity index (χ4n) is 3.01. The van der Waals surface area contributed by atoms with Gasteiger partial charge in [-0.15, -0.1) is 0 Å². The molecule has 0 N–H and O–H groups in total. The molecule has 0 spiro atoms. The Bertz CT molecular complexity index is 1060. The Balaban J connectivity index is 1.69. The first-order chi connectivity index (χ1) is 13.5. The van der Waals surface area contributed by atoms with Crippen LogP contribution in [0.25, 0.3) is 5.69 Å². The Morgan fingerprint density at radius 3 is 2.93 bits per heavy atom. The average Bonchev–Trinajstić information content (AvgIpc) is 3.10. The van der Waals surface area contributed by atoms with Gasteiger partial charge in [0.15, 0.2) is 5.82 Å². The summed E-state index contributed by atoms with van der Waals surface area (Å²) in [6, 6.07) is 6.53. The lowest BCUT2D eigenvalue weighted by atomic mass is 10.1. The fraction of sp³-hybridized carbons (Fsp3) is 0.300. The molecule has 1 unspecified atom stereocenters. The van der Waals surface area contributed by atoms with Crippen LogP contribution in [-0.2, 0) is 17.7 Å². The summed E-state index contributed by atoms with van der Waals surface area (Å²) in [6.45, 7) is 3.41. The normalized spacial score (nSPS) is 16.0. The molecule has 8 heteroatoms. The predicted octanol–water partition coefficient (Wildman–Crippen LogP) is 3.67. The molecule has 3 aromatic rings. The standard InChI is InChI=1S/C20H19BrFN3O3/c1-2-24-12-13(11-23-24)8-14-4-3-6-25(20(14)26)17-10-15(9-16(21)19(17)22)28-18-5-7-27-18/h3-4,6,9-12,18H,2,5,7-8H2,1H3. The highest BCUT2D eigenvalue weighted by Crippen LogP contribution is 2.30. The molecule has 1 fully saturated rings. The van der Waals surface area contributed by atoms with Crippen LogP contribution in [0.2, 0.25) is 0 Å². The highest BCUT2D eigenvalue weighted by molar-refractivity contribution is 9.10. The van der Waals surface area contributed by atoms with Gasteiger partial charge in [0, 0.05) is 43.4 Å². The van der Waals surface area contributed by atoms with E-state index >= 15 is 0 Å². The molecule has 1 aliphatic rings. The lowest BCUT2D eigenvalue weighted by Gasteiger charge is -2.27. The maximum Gasteiger partial charge on any atom is 0.258 e. The average molecular weight is 448 g/mol. The van der Waals surface area contributed by atoms with Gasteiger partial charge in [0.25, 0.3) is 5.56 Å². The zero-order valence-corrected chi connectivity index (χ0v) is 16.9. The Kier molecular flexibility index (Phi) is 5.32. The van der Waals surface area contributed by atoms with Gasteiger partial charge in [-0.1, -0.05) is 6.07 Å². The Hall–Kier alpha value is -2.45.